The molecule has 0 aliphatic rings. The van der Waals surface area contributed by atoms with Crippen LogP contribution in [0.1, 0.15) is 5.56 Å². The van der Waals surface area contributed by atoms with E-state index in [4.69, 9.17) is 16.0 Å². The summed E-state index contributed by atoms with van der Waals surface area (Å²) in [6.07, 6.45) is 3.07. The minimum absolute atomic E-state index is 0.220. The van der Waals surface area contributed by atoms with Gasteiger partial charge in [-0.15, -0.1) is 0 Å². The third kappa shape index (κ3) is 1.66. The Balaban J connectivity index is 2.26. The van der Waals surface area contributed by atoms with E-state index in [0.29, 0.717) is 27.6 Å². The number of oxazole rings is 1. The van der Waals surface area contributed by atoms with Gasteiger partial charge >= 0.3 is 0 Å². The Labute approximate surface area is 107 Å². The number of aryl methyl sites for hydroxylation is 1. The van der Waals surface area contributed by atoms with Gasteiger partial charge in [-0.25, -0.2) is 9.37 Å². The molecule has 0 amide bonds. The first kappa shape index (κ1) is 11.2. The molecule has 0 unspecified atom stereocenters. The van der Waals surface area contributed by atoms with Gasteiger partial charge in [-0.1, -0.05) is 17.7 Å². The van der Waals surface area contributed by atoms with E-state index in [1.54, 1.807) is 31.3 Å². The normalized spacial score (nSPS) is 11.1. The molecule has 5 heteroatoms. The van der Waals surface area contributed by atoms with Gasteiger partial charge in [0.2, 0.25) is 5.89 Å². The van der Waals surface area contributed by atoms with Crippen LogP contribution in [0.4, 0.5) is 4.39 Å². The maximum Gasteiger partial charge on any atom is 0.229 e. The van der Waals surface area contributed by atoms with Crippen LogP contribution in [0, 0.1) is 12.7 Å². The maximum atomic E-state index is 13.9. The molecule has 0 saturated heterocycles. The van der Waals surface area contributed by atoms with Crippen molar-refractivity contribution < 1.29 is 8.81 Å². The molecule has 2 aromatic heterocycles. The van der Waals surface area contributed by atoms with Crippen molar-refractivity contribution in [1.82, 2.24) is 9.97 Å². The molecule has 0 fully saturated rings. The first-order chi connectivity index (χ1) is 8.66. The summed E-state index contributed by atoms with van der Waals surface area (Å²) in [6, 6.07) is 5.03. The van der Waals surface area contributed by atoms with Crippen molar-refractivity contribution in [1.29, 1.82) is 0 Å². The number of fused-ring (bicyclic) bond motifs is 1. The van der Waals surface area contributed by atoms with Gasteiger partial charge in [0, 0.05) is 12.4 Å². The number of pyridine rings is 1. The van der Waals surface area contributed by atoms with Crippen LogP contribution in [0.2, 0.25) is 5.02 Å². The van der Waals surface area contributed by atoms with Crippen LogP contribution in [0.25, 0.3) is 22.6 Å². The molecule has 0 spiro atoms. The van der Waals surface area contributed by atoms with Crippen LogP contribution in [0.3, 0.4) is 0 Å². The lowest BCUT2D eigenvalue weighted by atomic mass is 10.2. The van der Waals surface area contributed by atoms with E-state index in [2.05, 4.69) is 9.97 Å². The summed E-state index contributed by atoms with van der Waals surface area (Å²) in [5.41, 5.74) is 1.75. The molecule has 0 atom stereocenters. The van der Waals surface area contributed by atoms with Crippen molar-refractivity contribution in [3.63, 3.8) is 0 Å². The lowest BCUT2D eigenvalue weighted by Crippen LogP contribution is -1.84. The fraction of sp³-hybridized carbons (Fsp3) is 0.0769. The third-order valence-electron chi connectivity index (χ3n) is 2.70. The standard InChI is InChI=1S/C13H8ClFN2O/c1-7-2-3-10-12(11(7)15)17-13(18-10)8-4-5-16-6-9(8)14/h2-6H,1H3. The van der Waals surface area contributed by atoms with Crippen LogP contribution in [-0.2, 0) is 0 Å². The van der Waals surface area contributed by atoms with Crippen molar-refractivity contribution in [2.75, 3.05) is 0 Å². The largest absolute Gasteiger partial charge is 0.436 e. The number of halogens is 2. The van der Waals surface area contributed by atoms with E-state index in [-0.39, 0.29) is 11.3 Å². The SMILES string of the molecule is Cc1ccc2oc(-c3ccncc3Cl)nc2c1F. The Morgan fingerprint density at radius 1 is 1.28 bits per heavy atom. The lowest BCUT2D eigenvalue weighted by molar-refractivity contribution is 0.615. The number of benzene rings is 1. The van der Waals surface area contributed by atoms with E-state index in [0.717, 1.165) is 0 Å². The Hall–Kier alpha value is -1.94. The number of aromatic nitrogens is 2. The number of hydrogen-bond acceptors (Lipinski definition) is 3. The number of hydrogen-bond donors (Lipinski definition) is 0. The van der Waals surface area contributed by atoms with Gasteiger partial charge in [0.1, 0.15) is 5.52 Å². The first-order valence-electron chi connectivity index (χ1n) is 5.32. The molecular weight excluding hydrogens is 255 g/mol. The van der Waals surface area contributed by atoms with Gasteiger partial charge in [0.25, 0.3) is 0 Å². The Bertz CT molecular complexity index is 739. The van der Waals surface area contributed by atoms with Crippen molar-refractivity contribution in [3.8, 4) is 11.5 Å². The summed E-state index contributed by atoms with van der Waals surface area (Å²) < 4.78 is 19.4. The highest BCUT2D eigenvalue weighted by atomic mass is 35.5. The van der Waals surface area contributed by atoms with Crippen LogP contribution in [0.15, 0.2) is 35.0 Å². The second kappa shape index (κ2) is 4.07. The van der Waals surface area contributed by atoms with Crippen LogP contribution in [0.5, 0.6) is 0 Å². The van der Waals surface area contributed by atoms with E-state index in [1.165, 1.54) is 6.20 Å². The molecule has 0 aliphatic carbocycles. The molecule has 18 heavy (non-hydrogen) atoms. The monoisotopic (exact) mass is 262 g/mol. The minimum Gasteiger partial charge on any atom is -0.436 e. The second-order valence-corrected chi connectivity index (χ2v) is 4.32. The van der Waals surface area contributed by atoms with Gasteiger partial charge in [-0.05, 0) is 24.6 Å². The van der Waals surface area contributed by atoms with Crippen LogP contribution < -0.4 is 0 Å². The molecule has 1 aromatic carbocycles. The molecular formula is C13H8ClFN2O. The predicted molar refractivity (Wildman–Crippen MR) is 66.9 cm³/mol. The highest BCUT2D eigenvalue weighted by Crippen LogP contribution is 2.30. The highest BCUT2D eigenvalue weighted by molar-refractivity contribution is 6.33. The summed E-state index contributed by atoms with van der Waals surface area (Å²) in [7, 11) is 0. The first-order valence-corrected chi connectivity index (χ1v) is 5.70. The van der Waals surface area contributed by atoms with Crippen molar-refractivity contribution in [2.45, 2.75) is 6.92 Å². The van der Waals surface area contributed by atoms with Crippen LogP contribution >= 0.6 is 11.6 Å². The summed E-state index contributed by atoms with van der Waals surface area (Å²) in [5, 5.41) is 0.418. The summed E-state index contributed by atoms with van der Waals surface area (Å²) >= 11 is 6.00. The van der Waals surface area contributed by atoms with Gasteiger partial charge in [-0.2, -0.15) is 0 Å². The molecule has 0 saturated carbocycles. The average molecular weight is 263 g/mol. The van der Waals surface area contributed by atoms with Crippen molar-refractivity contribution in [2.24, 2.45) is 0 Å². The molecule has 3 aromatic rings. The van der Waals surface area contributed by atoms with Gasteiger partial charge in [-0.3, -0.25) is 4.98 Å². The maximum absolute atomic E-state index is 13.9. The minimum atomic E-state index is -0.368. The third-order valence-corrected chi connectivity index (χ3v) is 3.00. The molecule has 0 N–H and O–H groups in total. The second-order valence-electron chi connectivity index (χ2n) is 3.92. The van der Waals surface area contributed by atoms with E-state index in [1.807, 2.05) is 0 Å². The Kier molecular flexibility index (Phi) is 2.52. The molecule has 3 rings (SSSR count). The quantitative estimate of drug-likeness (QED) is 0.666. The zero-order valence-corrected chi connectivity index (χ0v) is 10.2. The van der Waals surface area contributed by atoms with Gasteiger partial charge in [0.05, 0.1) is 10.6 Å². The zero-order valence-electron chi connectivity index (χ0n) is 9.45. The molecule has 90 valence electrons. The zero-order chi connectivity index (χ0) is 12.7. The highest BCUT2D eigenvalue weighted by Gasteiger charge is 2.15. The average Bonchev–Trinajstić information content (AvgIpc) is 2.79. The molecule has 0 radical (unpaired) electrons. The lowest BCUT2D eigenvalue weighted by Gasteiger charge is -1.96. The molecule has 3 nitrogen and oxygen atoms in total. The van der Waals surface area contributed by atoms with E-state index >= 15 is 0 Å². The Morgan fingerprint density at radius 2 is 2.11 bits per heavy atom. The fourth-order valence-corrected chi connectivity index (χ4v) is 1.93. The van der Waals surface area contributed by atoms with Gasteiger partial charge in [0.15, 0.2) is 11.4 Å². The summed E-state index contributed by atoms with van der Waals surface area (Å²) in [6.45, 7) is 1.68. The van der Waals surface area contributed by atoms with Gasteiger partial charge < -0.3 is 4.42 Å². The van der Waals surface area contributed by atoms with Crippen molar-refractivity contribution in [3.05, 3.63) is 47.0 Å². The van der Waals surface area contributed by atoms with Crippen molar-refractivity contribution >= 4 is 22.7 Å². The molecule has 0 bridgehead atoms. The predicted octanol–water partition coefficient (Wildman–Crippen LogP) is 3.99. The molecule has 0 aliphatic heterocycles. The number of rotatable bonds is 1. The Morgan fingerprint density at radius 3 is 2.89 bits per heavy atom. The smallest absolute Gasteiger partial charge is 0.229 e. The van der Waals surface area contributed by atoms with E-state index in [9.17, 15) is 4.39 Å². The topological polar surface area (TPSA) is 38.9 Å². The fourth-order valence-electron chi connectivity index (χ4n) is 1.73. The summed E-state index contributed by atoms with van der Waals surface area (Å²) in [4.78, 5) is 8.03. The summed E-state index contributed by atoms with van der Waals surface area (Å²) in [5.74, 6) is -0.0745. The molecule has 2 heterocycles. The number of nitrogens with zero attached hydrogens (tertiary/aromatic N) is 2. The van der Waals surface area contributed by atoms with E-state index < -0.39 is 0 Å². The van der Waals surface area contributed by atoms with Crippen LogP contribution in [-0.4, -0.2) is 9.97 Å².